The maximum absolute atomic E-state index is 12.7. The maximum atomic E-state index is 12.7. The molecule has 6 nitrogen and oxygen atoms in total. The zero-order chi connectivity index (χ0) is 15.5. The number of nitrogens with zero attached hydrogens (tertiary/aromatic N) is 3. The van der Waals surface area contributed by atoms with E-state index in [-0.39, 0.29) is 6.04 Å². The van der Waals surface area contributed by atoms with Crippen LogP contribution >= 0.6 is 0 Å². The summed E-state index contributed by atoms with van der Waals surface area (Å²) in [4.78, 5) is 0.291. The van der Waals surface area contributed by atoms with Gasteiger partial charge in [0.25, 0.3) is 0 Å². The van der Waals surface area contributed by atoms with Crippen LogP contribution < -0.4 is 5.32 Å². The van der Waals surface area contributed by atoms with Gasteiger partial charge >= 0.3 is 0 Å². The molecule has 1 aliphatic carbocycles. The first-order valence-electron chi connectivity index (χ1n) is 7.62. The lowest BCUT2D eigenvalue weighted by atomic mass is 9.86. The van der Waals surface area contributed by atoms with E-state index in [1.807, 2.05) is 7.05 Å². The van der Waals surface area contributed by atoms with Crippen LogP contribution in [-0.4, -0.2) is 49.2 Å². The molecule has 2 rings (SSSR count). The van der Waals surface area contributed by atoms with Gasteiger partial charge in [0.2, 0.25) is 10.0 Å². The summed E-state index contributed by atoms with van der Waals surface area (Å²) in [6.07, 6.45) is 7.44. The van der Waals surface area contributed by atoms with E-state index in [9.17, 15) is 8.42 Å². The highest BCUT2D eigenvalue weighted by Gasteiger charge is 2.33. The summed E-state index contributed by atoms with van der Waals surface area (Å²) in [6, 6.07) is 0.101. The fraction of sp³-hybridized carbons (Fsp3) is 0.786. The Morgan fingerprint density at radius 1 is 1.43 bits per heavy atom. The standard InChI is InChI=1S/C14H26N4O2S/c1-12-6-4-5-7-14(12)17(3)21(19,20)13-10-16-18(11-13)9-8-15-2/h10-12,14-15H,4-9H2,1-3H3. The van der Waals surface area contributed by atoms with Crippen LogP contribution in [0.1, 0.15) is 32.6 Å². The van der Waals surface area contributed by atoms with Crippen LogP contribution in [0.2, 0.25) is 0 Å². The molecule has 1 aromatic heterocycles. The Kier molecular flexibility index (Phi) is 5.40. The molecule has 1 aliphatic rings. The molecule has 0 amide bonds. The van der Waals surface area contributed by atoms with Gasteiger partial charge in [-0.2, -0.15) is 9.40 Å². The minimum absolute atomic E-state index is 0.101. The molecule has 2 atom stereocenters. The zero-order valence-corrected chi connectivity index (χ0v) is 13.9. The Bertz CT molecular complexity index is 555. The number of hydrogen-bond acceptors (Lipinski definition) is 4. The Hall–Kier alpha value is -0.920. The predicted octanol–water partition coefficient (Wildman–Crippen LogP) is 1.30. The highest BCUT2D eigenvalue weighted by Crippen LogP contribution is 2.30. The molecule has 21 heavy (non-hydrogen) atoms. The summed E-state index contributed by atoms with van der Waals surface area (Å²) in [5.41, 5.74) is 0. The fourth-order valence-corrected chi connectivity index (χ4v) is 4.45. The highest BCUT2D eigenvalue weighted by molar-refractivity contribution is 7.89. The summed E-state index contributed by atoms with van der Waals surface area (Å²) in [7, 11) is 0.116. The predicted molar refractivity (Wildman–Crippen MR) is 82.5 cm³/mol. The van der Waals surface area contributed by atoms with Crippen LogP contribution in [0.4, 0.5) is 0 Å². The number of likely N-dealkylation sites (N-methyl/N-ethyl adjacent to an activating group) is 1. The number of sulfonamides is 1. The molecule has 1 N–H and O–H groups in total. The van der Waals surface area contributed by atoms with E-state index >= 15 is 0 Å². The smallest absolute Gasteiger partial charge is 0.246 e. The summed E-state index contributed by atoms with van der Waals surface area (Å²) >= 11 is 0. The van der Waals surface area contributed by atoms with Gasteiger partial charge in [0.05, 0.1) is 12.7 Å². The van der Waals surface area contributed by atoms with Crippen LogP contribution in [0.3, 0.4) is 0 Å². The molecule has 0 aliphatic heterocycles. The molecule has 0 bridgehead atoms. The van der Waals surface area contributed by atoms with Crippen molar-refractivity contribution in [2.45, 2.75) is 50.1 Å². The van der Waals surface area contributed by atoms with E-state index in [0.29, 0.717) is 17.4 Å². The molecule has 1 saturated carbocycles. The van der Waals surface area contributed by atoms with Gasteiger partial charge in [-0.15, -0.1) is 0 Å². The van der Waals surface area contributed by atoms with Gasteiger partial charge in [-0.25, -0.2) is 8.42 Å². The van der Waals surface area contributed by atoms with E-state index < -0.39 is 10.0 Å². The third-order valence-corrected chi connectivity index (χ3v) is 6.25. The molecule has 0 spiro atoms. The van der Waals surface area contributed by atoms with Crippen molar-refractivity contribution in [1.82, 2.24) is 19.4 Å². The van der Waals surface area contributed by atoms with E-state index in [4.69, 9.17) is 0 Å². The number of rotatable bonds is 6. The molecule has 1 aromatic rings. The summed E-state index contributed by atoms with van der Waals surface area (Å²) < 4.78 is 28.7. The van der Waals surface area contributed by atoms with E-state index in [1.165, 1.54) is 12.6 Å². The molecular weight excluding hydrogens is 288 g/mol. The van der Waals surface area contributed by atoms with Crippen molar-refractivity contribution in [2.24, 2.45) is 5.92 Å². The van der Waals surface area contributed by atoms with Crippen molar-refractivity contribution in [3.63, 3.8) is 0 Å². The SMILES string of the molecule is CNCCn1cc(S(=O)(=O)N(C)C2CCCCC2C)cn1. The van der Waals surface area contributed by atoms with Crippen LogP contribution in [0, 0.1) is 5.92 Å². The molecular formula is C14H26N4O2S. The van der Waals surface area contributed by atoms with Gasteiger partial charge < -0.3 is 5.32 Å². The second-order valence-corrected chi connectivity index (χ2v) is 7.89. The lowest BCUT2D eigenvalue weighted by Crippen LogP contribution is -2.42. The zero-order valence-electron chi connectivity index (χ0n) is 13.1. The quantitative estimate of drug-likeness (QED) is 0.859. The molecule has 0 saturated heterocycles. The first-order valence-corrected chi connectivity index (χ1v) is 9.06. The van der Waals surface area contributed by atoms with Gasteiger partial charge in [-0.1, -0.05) is 19.8 Å². The van der Waals surface area contributed by atoms with Crippen LogP contribution in [-0.2, 0) is 16.6 Å². The topological polar surface area (TPSA) is 67.2 Å². The Balaban J connectivity index is 2.14. The molecule has 0 radical (unpaired) electrons. The number of aromatic nitrogens is 2. The lowest BCUT2D eigenvalue weighted by Gasteiger charge is -2.35. The lowest BCUT2D eigenvalue weighted by molar-refractivity contribution is 0.213. The molecule has 0 aromatic carbocycles. The van der Waals surface area contributed by atoms with Crippen molar-refractivity contribution in [3.05, 3.63) is 12.4 Å². The van der Waals surface area contributed by atoms with Gasteiger partial charge in [0.15, 0.2) is 0 Å². The minimum atomic E-state index is -3.45. The Morgan fingerprint density at radius 2 is 2.14 bits per heavy atom. The summed E-state index contributed by atoms with van der Waals surface area (Å²) in [6.45, 7) is 3.57. The van der Waals surface area contributed by atoms with Crippen molar-refractivity contribution in [2.75, 3.05) is 20.6 Å². The normalized spacial score (nSPS) is 23.6. The van der Waals surface area contributed by atoms with E-state index in [2.05, 4.69) is 17.3 Å². The number of nitrogens with one attached hydrogen (secondary N) is 1. The second-order valence-electron chi connectivity index (χ2n) is 5.89. The monoisotopic (exact) mass is 314 g/mol. The molecule has 1 heterocycles. The van der Waals surface area contributed by atoms with E-state index in [0.717, 1.165) is 25.8 Å². The Morgan fingerprint density at radius 3 is 2.81 bits per heavy atom. The third kappa shape index (κ3) is 3.64. The van der Waals surface area contributed by atoms with Gasteiger partial charge in [-0.05, 0) is 25.8 Å². The number of hydrogen-bond donors (Lipinski definition) is 1. The minimum Gasteiger partial charge on any atom is -0.318 e. The van der Waals surface area contributed by atoms with Crippen LogP contribution in [0.15, 0.2) is 17.3 Å². The van der Waals surface area contributed by atoms with Crippen LogP contribution in [0.5, 0.6) is 0 Å². The highest BCUT2D eigenvalue weighted by atomic mass is 32.2. The van der Waals surface area contributed by atoms with Crippen molar-refractivity contribution in [3.8, 4) is 0 Å². The second kappa shape index (κ2) is 6.89. The fourth-order valence-electron chi connectivity index (χ4n) is 3.01. The maximum Gasteiger partial charge on any atom is 0.246 e. The third-order valence-electron chi connectivity index (χ3n) is 4.41. The molecule has 120 valence electrons. The average molecular weight is 314 g/mol. The average Bonchev–Trinajstić information content (AvgIpc) is 2.94. The van der Waals surface area contributed by atoms with Gasteiger partial charge in [-0.3, -0.25) is 4.68 Å². The van der Waals surface area contributed by atoms with Crippen molar-refractivity contribution >= 4 is 10.0 Å². The summed E-state index contributed by atoms with van der Waals surface area (Å²) in [5, 5.41) is 7.16. The van der Waals surface area contributed by atoms with Crippen LogP contribution in [0.25, 0.3) is 0 Å². The first kappa shape index (κ1) is 16.5. The Labute approximate surface area is 127 Å². The molecule has 1 fully saturated rings. The summed E-state index contributed by atoms with van der Waals surface area (Å²) in [5.74, 6) is 0.415. The first-order chi connectivity index (χ1) is 9.96. The van der Waals surface area contributed by atoms with Crippen molar-refractivity contribution in [1.29, 1.82) is 0 Å². The van der Waals surface area contributed by atoms with Gasteiger partial charge in [0.1, 0.15) is 4.90 Å². The molecule has 7 heteroatoms. The molecule has 2 unspecified atom stereocenters. The van der Waals surface area contributed by atoms with Gasteiger partial charge in [0, 0.05) is 25.8 Å². The van der Waals surface area contributed by atoms with Crippen molar-refractivity contribution < 1.29 is 8.42 Å². The largest absolute Gasteiger partial charge is 0.318 e. The van der Waals surface area contributed by atoms with E-state index in [1.54, 1.807) is 22.2 Å².